The lowest BCUT2D eigenvalue weighted by Crippen LogP contribution is -2.15. The molecule has 0 bridgehead atoms. The molecular weight excluding hydrogens is 387 g/mol. The molecule has 3 aromatic rings. The van der Waals surface area contributed by atoms with E-state index in [1.165, 1.54) is 60.7 Å². The highest BCUT2D eigenvalue weighted by molar-refractivity contribution is 7.96. The standard InChI is InChI=1S/C21H14ClFO3S/c22-18-8-4-5-9-19(18)27(25,26)20(14-15-10-12-17(23)13-11-15)21(24)16-6-2-1-3-7-16/h1-14H/b20-14-. The van der Waals surface area contributed by atoms with Gasteiger partial charge in [0.2, 0.25) is 15.6 Å². The van der Waals surface area contributed by atoms with Crippen molar-refractivity contribution in [3.8, 4) is 0 Å². The molecule has 0 unspecified atom stereocenters. The molecule has 0 aliphatic rings. The summed E-state index contributed by atoms with van der Waals surface area (Å²) < 4.78 is 39.6. The molecule has 0 spiro atoms. The van der Waals surface area contributed by atoms with Crippen LogP contribution in [-0.4, -0.2) is 14.2 Å². The number of Topliss-reactive ketones (excluding diaryl/α,β-unsaturated/α-hetero) is 1. The van der Waals surface area contributed by atoms with Crippen molar-refractivity contribution in [2.24, 2.45) is 0 Å². The topological polar surface area (TPSA) is 51.2 Å². The van der Waals surface area contributed by atoms with E-state index in [0.29, 0.717) is 5.56 Å². The smallest absolute Gasteiger partial charge is 0.211 e. The second-order valence-corrected chi connectivity index (χ2v) is 7.98. The maximum Gasteiger partial charge on any atom is 0.211 e. The third kappa shape index (κ3) is 4.15. The summed E-state index contributed by atoms with van der Waals surface area (Å²) >= 11 is 6.06. The Morgan fingerprint density at radius 2 is 1.44 bits per heavy atom. The first-order valence-corrected chi connectivity index (χ1v) is 9.82. The number of sulfone groups is 1. The Kier molecular flexibility index (Phi) is 5.54. The average molecular weight is 401 g/mol. The zero-order valence-corrected chi connectivity index (χ0v) is 15.5. The number of benzene rings is 3. The van der Waals surface area contributed by atoms with E-state index in [4.69, 9.17) is 11.6 Å². The largest absolute Gasteiger partial charge is 0.288 e. The third-order valence-corrected chi connectivity index (χ3v) is 6.10. The van der Waals surface area contributed by atoms with Crippen molar-refractivity contribution >= 4 is 33.3 Å². The lowest BCUT2D eigenvalue weighted by molar-refractivity contribution is 0.104. The van der Waals surface area contributed by atoms with Crippen molar-refractivity contribution in [1.82, 2.24) is 0 Å². The van der Waals surface area contributed by atoms with Gasteiger partial charge < -0.3 is 0 Å². The van der Waals surface area contributed by atoms with E-state index in [2.05, 4.69) is 0 Å². The van der Waals surface area contributed by atoms with E-state index in [1.54, 1.807) is 24.3 Å². The van der Waals surface area contributed by atoms with Crippen LogP contribution in [0.25, 0.3) is 6.08 Å². The van der Waals surface area contributed by atoms with E-state index in [1.807, 2.05) is 0 Å². The van der Waals surface area contributed by atoms with Crippen LogP contribution in [0.5, 0.6) is 0 Å². The number of carbonyl (C=O) groups is 1. The van der Waals surface area contributed by atoms with Crippen LogP contribution < -0.4 is 0 Å². The molecule has 0 heterocycles. The highest BCUT2D eigenvalue weighted by Crippen LogP contribution is 2.29. The summed E-state index contributed by atoms with van der Waals surface area (Å²) in [4.78, 5) is 12.4. The lowest BCUT2D eigenvalue weighted by atomic mass is 10.1. The molecule has 3 rings (SSSR count). The molecule has 0 aromatic heterocycles. The van der Waals surface area contributed by atoms with Crippen LogP contribution in [-0.2, 0) is 9.84 Å². The number of halogens is 2. The van der Waals surface area contributed by atoms with Gasteiger partial charge in [-0.15, -0.1) is 0 Å². The quantitative estimate of drug-likeness (QED) is 0.438. The zero-order chi connectivity index (χ0) is 19.4. The summed E-state index contributed by atoms with van der Waals surface area (Å²) in [6, 6.07) is 19.2. The highest BCUT2D eigenvalue weighted by atomic mass is 35.5. The van der Waals surface area contributed by atoms with Gasteiger partial charge in [-0.1, -0.05) is 66.2 Å². The van der Waals surface area contributed by atoms with Gasteiger partial charge in [0.1, 0.15) is 10.7 Å². The predicted octanol–water partition coefficient (Wildman–Crippen LogP) is 5.18. The molecule has 3 nitrogen and oxygen atoms in total. The van der Waals surface area contributed by atoms with Gasteiger partial charge in [-0.25, -0.2) is 12.8 Å². The molecular formula is C21H14ClFO3S. The van der Waals surface area contributed by atoms with E-state index < -0.39 is 26.3 Å². The van der Waals surface area contributed by atoms with Crippen LogP contribution >= 0.6 is 11.6 Å². The summed E-state index contributed by atoms with van der Waals surface area (Å²) in [6.45, 7) is 0. The molecule has 0 N–H and O–H groups in total. The number of hydrogen-bond acceptors (Lipinski definition) is 3. The Bertz CT molecular complexity index is 1110. The Morgan fingerprint density at radius 1 is 0.852 bits per heavy atom. The molecule has 0 amide bonds. The van der Waals surface area contributed by atoms with E-state index in [9.17, 15) is 17.6 Å². The van der Waals surface area contributed by atoms with E-state index in [-0.39, 0.29) is 15.5 Å². The first-order chi connectivity index (χ1) is 12.9. The molecule has 0 radical (unpaired) electrons. The SMILES string of the molecule is O=C(/C(=C/c1ccc(F)cc1)S(=O)(=O)c1ccccc1Cl)c1ccccc1. The monoisotopic (exact) mass is 400 g/mol. The number of allylic oxidation sites excluding steroid dienone is 1. The molecule has 0 atom stereocenters. The van der Waals surface area contributed by atoms with Crippen molar-refractivity contribution in [3.63, 3.8) is 0 Å². The van der Waals surface area contributed by atoms with Crippen LogP contribution in [0.1, 0.15) is 15.9 Å². The normalized spacial score (nSPS) is 12.0. The highest BCUT2D eigenvalue weighted by Gasteiger charge is 2.29. The van der Waals surface area contributed by atoms with Crippen molar-refractivity contribution < 1.29 is 17.6 Å². The van der Waals surface area contributed by atoms with Gasteiger partial charge in [-0.05, 0) is 35.9 Å². The second-order valence-electron chi connectivity index (χ2n) is 5.69. The Hall–Kier alpha value is -2.76. The fraction of sp³-hybridized carbons (Fsp3) is 0. The second kappa shape index (κ2) is 7.86. The van der Waals surface area contributed by atoms with Gasteiger partial charge in [0.15, 0.2) is 0 Å². The van der Waals surface area contributed by atoms with Crippen molar-refractivity contribution in [1.29, 1.82) is 0 Å². The number of ketones is 1. The van der Waals surface area contributed by atoms with Gasteiger partial charge in [-0.2, -0.15) is 0 Å². The lowest BCUT2D eigenvalue weighted by Gasteiger charge is -2.10. The molecule has 0 saturated heterocycles. The zero-order valence-electron chi connectivity index (χ0n) is 14.0. The Labute approximate surface area is 161 Å². The third-order valence-electron chi connectivity index (χ3n) is 3.84. The molecule has 6 heteroatoms. The first kappa shape index (κ1) is 19.0. The van der Waals surface area contributed by atoms with Gasteiger partial charge in [0, 0.05) is 5.56 Å². The van der Waals surface area contributed by atoms with Gasteiger partial charge in [0.25, 0.3) is 0 Å². The van der Waals surface area contributed by atoms with E-state index in [0.717, 1.165) is 0 Å². The Morgan fingerprint density at radius 3 is 2.07 bits per heavy atom. The maximum absolute atomic E-state index is 13.2. The van der Waals surface area contributed by atoms with Gasteiger partial charge in [-0.3, -0.25) is 4.79 Å². The molecule has 27 heavy (non-hydrogen) atoms. The van der Waals surface area contributed by atoms with Crippen LogP contribution in [0.2, 0.25) is 5.02 Å². The number of hydrogen-bond donors (Lipinski definition) is 0. The Balaban J connectivity index is 2.20. The fourth-order valence-electron chi connectivity index (χ4n) is 2.49. The fourth-order valence-corrected chi connectivity index (χ4v) is 4.40. The molecule has 136 valence electrons. The minimum absolute atomic E-state index is 0.0170. The minimum atomic E-state index is -4.20. The van der Waals surface area contributed by atoms with Crippen LogP contribution in [0, 0.1) is 5.82 Å². The summed E-state index contributed by atoms with van der Waals surface area (Å²) in [5.41, 5.74) is 0.604. The molecule has 0 saturated carbocycles. The summed E-state index contributed by atoms with van der Waals surface area (Å²) in [6.07, 6.45) is 1.23. The van der Waals surface area contributed by atoms with Crippen molar-refractivity contribution in [3.05, 3.63) is 106 Å². The molecule has 0 aliphatic heterocycles. The molecule has 0 fully saturated rings. The van der Waals surface area contributed by atoms with Gasteiger partial charge in [0.05, 0.1) is 9.92 Å². The molecule has 0 aliphatic carbocycles. The van der Waals surface area contributed by atoms with Crippen LogP contribution in [0.4, 0.5) is 4.39 Å². The first-order valence-electron chi connectivity index (χ1n) is 7.96. The maximum atomic E-state index is 13.2. The minimum Gasteiger partial charge on any atom is -0.288 e. The van der Waals surface area contributed by atoms with Crippen LogP contribution in [0.3, 0.4) is 0 Å². The molecule has 3 aromatic carbocycles. The summed E-state index contributed by atoms with van der Waals surface area (Å²) in [5, 5.41) is 0.0170. The van der Waals surface area contributed by atoms with Crippen molar-refractivity contribution in [2.45, 2.75) is 4.90 Å². The van der Waals surface area contributed by atoms with Crippen LogP contribution in [0.15, 0.2) is 88.7 Å². The average Bonchev–Trinajstić information content (AvgIpc) is 2.68. The van der Waals surface area contributed by atoms with Gasteiger partial charge >= 0.3 is 0 Å². The van der Waals surface area contributed by atoms with Crippen molar-refractivity contribution in [2.75, 3.05) is 0 Å². The van der Waals surface area contributed by atoms with E-state index >= 15 is 0 Å². The number of rotatable bonds is 5. The predicted molar refractivity (Wildman–Crippen MR) is 104 cm³/mol. The summed E-state index contributed by atoms with van der Waals surface area (Å²) in [5.74, 6) is -1.13. The number of carbonyl (C=O) groups excluding carboxylic acids is 1. The summed E-state index contributed by atoms with van der Waals surface area (Å²) in [7, 11) is -4.20.